The Labute approximate surface area is 201 Å². The van der Waals surface area contributed by atoms with Crippen LogP contribution in [0.2, 0.25) is 0 Å². The summed E-state index contributed by atoms with van der Waals surface area (Å²) in [7, 11) is 1.56. The van der Waals surface area contributed by atoms with E-state index >= 15 is 0 Å². The fourth-order valence-corrected chi connectivity index (χ4v) is 4.23. The topological polar surface area (TPSA) is 83.5 Å². The van der Waals surface area contributed by atoms with Crippen molar-refractivity contribution in [3.63, 3.8) is 0 Å². The molecule has 0 N–H and O–H groups in total. The van der Waals surface area contributed by atoms with Crippen LogP contribution in [-0.4, -0.2) is 62.5 Å². The Hall–Kier alpha value is -3.00. The van der Waals surface area contributed by atoms with E-state index in [1.54, 1.807) is 39.4 Å². The van der Waals surface area contributed by atoms with Gasteiger partial charge in [-0.15, -0.1) is 0 Å². The highest BCUT2D eigenvalue weighted by atomic mass is 16.5. The number of para-hydroxylation sites is 1. The highest BCUT2D eigenvalue weighted by molar-refractivity contribution is 5.99. The summed E-state index contributed by atoms with van der Waals surface area (Å²) >= 11 is 0. The summed E-state index contributed by atoms with van der Waals surface area (Å²) < 4.78 is 28.2. The highest BCUT2D eigenvalue weighted by Gasteiger charge is 2.38. The predicted octanol–water partition coefficient (Wildman–Crippen LogP) is 3.95. The number of carbonyl (C=O) groups excluding carboxylic acids is 2. The molecule has 1 atom stereocenters. The third-order valence-corrected chi connectivity index (χ3v) is 5.59. The maximum atomic E-state index is 13.2. The molecule has 1 fully saturated rings. The maximum Gasteiger partial charge on any atom is 0.336 e. The van der Waals surface area contributed by atoms with Gasteiger partial charge in [0, 0.05) is 31.1 Å². The summed E-state index contributed by atoms with van der Waals surface area (Å²) in [6.45, 7) is 8.97. The van der Waals surface area contributed by atoms with Crippen molar-refractivity contribution in [3.05, 3.63) is 47.3 Å². The summed E-state index contributed by atoms with van der Waals surface area (Å²) in [5, 5.41) is 0. The van der Waals surface area contributed by atoms with Gasteiger partial charge in [0.25, 0.3) is 0 Å². The molecule has 0 radical (unpaired) electrons. The van der Waals surface area contributed by atoms with Crippen LogP contribution in [0.25, 0.3) is 0 Å². The highest BCUT2D eigenvalue weighted by Crippen LogP contribution is 2.45. The number of carbonyl (C=O) groups is 2. The van der Waals surface area contributed by atoms with Gasteiger partial charge in [-0.25, -0.2) is 9.59 Å². The zero-order valence-electron chi connectivity index (χ0n) is 20.7. The van der Waals surface area contributed by atoms with Crippen LogP contribution in [0.5, 0.6) is 11.5 Å². The van der Waals surface area contributed by atoms with Crippen LogP contribution < -0.4 is 9.47 Å². The summed E-state index contributed by atoms with van der Waals surface area (Å²) in [6, 6.07) is 5.43. The van der Waals surface area contributed by atoms with Gasteiger partial charge in [-0.1, -0.05) is 12.1 Å². The minimum atomic E-state index is -0.748. The number of benzene rings is 1. The van der Waals surface area contributed by atoms with Crippen LogP contribution in [0.1, 0.15) is 52.0 Å². The van der Waals surface area contributed by atoms with E-state index in [0.717, 1.165) is 12.8 Å². The second-order valence-corrected chi connectivity index (χ2v) is 8.42. The zero-order valence-corrected chi connectivity index (χ0v) is 20.7. The molecule has 0 saturated carbocycles. The number of ether oxygens (including phenoxy) is 5. The zero-order chi connectivity index (χ0) is 24.7. The molecule has 1 aromatic rings. The van der Waals surface area contributed by atoms with Gasteiger partial charge in [0.2, 0.25) is 0 Å². The quantitative estimate of drug-likeness (QED) is 0.473. The normalized spacial score (nSPS) is 18.4. The molecule has 1 saturated heterocycles. The van der Waals surface area contributed by atoms with Crippen molar-refractivity contribution >= 4 is 11.9 Å². The predicted molar refractivity (Wildman–Crippen MR) is 127 cm³/mol. The van der Waals surface area contributed by atoms with Crippen molar-refractivity contribution in [2.24, 2.45) is 0 Å². The van der Waals surface area contributed by atoms with Crippen LogP contribution in [0.15, 0.2) is 41.7 Å². The molecule has 2 aliphatic rings. The van der Waals surface area contributed by atoms with Gasteiger partial charge >= 0.3 is 11.9 Å². The van der Waals surface area contributed by atoms with E-state index < -0.39 is 17.9 Å². The van der Waals surface area contributed by atoms with Crippen molar-refractivity contribution < 1.29 is 33.3 Å². The van der Waals surface area contributed by atoms with Gasteiger partial charge < -0.3 is 28.6 Å². The van der Waals surface area contributed by atoms with Gasteiger partial charge in [-0.2, -0.15) is 0 Å². The van der Waals surface area contributed by atoms with Crippen LogP contribution in [0, 0.1) is 0 Å². The number of hydrogen-bond acceptors (Lipinski definition) is 8. The first kappa shape index (κ1) is 25.6. The summed E-state index contributed by atoms with van der Waals surface area (Å²) in [5.41, 5.74) is 1.28. The van der Waals surface area contributed by atoms with Gasteiger partial charge in [-0.3, -0.25) is 0 Å². The van der Waals surface area contributed by atoms with Gasteiger partial charge in [0.05, 0.1) is 49.6 Å². The summed E-state index contributed by atoms with van der Waals surface area (Å²) in [4.78, 5) is 28.2. The Morgan fingerprint density at radius 1 is 1.09 bits per heavy atom. The van der Waals surface area contributed by atoms with Crippen LogP contribution in [0.4, 0.5) is 0 Å². The van der Waals surface area contributed by atoms with Crippen LogP contribution in [0.3, 0.4) is 0 Å². The van der Waals surface area contributed by atoms with Gasteiger partial charge in [0.15, 0.2) is 11.5 Å². The number of methoxy groups -OCH3 is 1. The monoisotopic (exact) mass is 473 g/mol. The molecule has 2 aliphatic heterocycles. The molecule has 2 heterocycles. The SMILES string of the molecule is CCOC(=O)C1=CN(CC2CCCO2)C=C(C(=O)OCC)C1c1cccc(OC)c1OC(C)C. The first-order chi connectivity index (χ1) is 16.4. The van der Waals surface area contributed by atoms with Crippen LogP contribution in [-0.2, 0) is 23.8 Å². The number of esters is 2. The molecule has 1 unspecified atom stereocenters. The Kier molecular flexibility index (Phi) is 8.98. The molecular weight excluding hydrogens is 438 g/mol. The van der Waals surface area contributed by atoms with E-state index in [1.807, 2.05) is 30.9 Å². The van der Waals surface area contributed by atoms with E-state index in [2.05, 4.69) is 0 Å². The largest absolute Gasteiger partial charge is 0.493 e. The van der Waals surface area contributed by atoms with Crippen molar-refractivity contribution in [2.45, 2.75) is 58.7 Å². The third kappa shape index (κ3) is 5.91. The van der Waals surface area contributed by atoms with Crippen molar-refractivity contribution in [2.75, 3.05) is 33.5 Å². The second-order valence-electron chi connectivity index (χ2n) is 8.42. The fourth-order valence-electron chi connectivity index (χ4n) is 4.23. The molecule has 0 bridgehead atoms. The average molecular weight is 474 g/mol. The molecule has 186 valence electrons. The van der Waals surface area contributed by atoms with Gasteiger partial charge in [0.1, 0.15) is 0 Å². The summed E-state index contributed by atoms with van der Waals surface area (Å²) in [5.74, 6) is -0.763. The molecular formula is C26H35NO7. The van der Waals surface area contributed by atoms with Crippen molar-refractivity contribution in [1.82, 2.24) is 4.90 Å². The molecule has 0 aliphatic carbocycles. The Balaban J connectivity index is 2.15. The minimum absolute atomic E-state index is 0.0209. The molecule has 34 heavy (non-hydrogen) atoms. The Morgan fingerprint density at radius 3 is 2.24 bits per heavy atom. The van der Waals surface area contributed by atoms with Crippen molar-refractivity contribution in [3.8, 4) is 11.5 Å². The molecule has 8 heteroatoms. The lowest BCUT2D eigenvalue weighted by Crippen LogP contribution is -2.33. The summed E-state index contributed by atoms with van der Waals surface area (Å²) in [6.07, 6.45) is 5.27. The fraction of sp³-hybridized carbons (Fsp3) is 0.538. The third-order valence-electron chi connectivity index (χ3n) is 5.59. The van der Waals surface area contributed by atoms with E-state index in [-0.39, 0.29) is 25.4 Å². The van der Waals surface area contributed by atoms with E-state index in [0.29, 0.717) is 41.4 Å². The lowest BCUT2D eigenvalue weighted by atomic mass is 9.82. The van der Waals surface area contributed by atoms with Gasteiger partial charge in [-0.05, 0) is 46.6 Å². The van der Waals surface area contributed by atoms with Crippen molar-refractivity contribution in [1.29, 1.82) is 0 Å². The molecule has 8 nitrogen and oxygen atoms in total. The minimum Gasteiger partial charge on any atom is -0.493 e. The second kappa shape index (κ2) is 11.9. The molecule has 0 aromatic heterocycles. The number of nitrogens with zero attached hydrogens (tertiary/aromatic N) is 1. The number of hydrogen-bond donors (Lipinski definition) is 0. The molecule has 0 amide bonds. The lowest BCUT2D eigenvalue weighted by molar-refractivity contribution is -0.139. The molecule has 0 spiro atoms. The first-order valence-corrected chi connectivity index (χ1v) is 11.9. The van der Waals surface area contributed by atoms with E-state index in [4.69, 9.17) is 23.7 Å². The maximum absolute atomic E-state index is 13.2. The smallest absolute Gasteiger partial charge is 0.336 e. The first-order valence-electron chi connectivity index (χ1n) is 11.9. The standard InChI is InChI=1S/C26H35NO7/c1-6-31-25(28)20-15-27(14-18-10-9-13-33-18)16-21(26(29)32-7-2)23(20)19-11-8-12-22(30-5)24(19)34-17(3)4/h8,11-12,15-18,23H,6-7,9-10,13-14H2,1-5H3. The van der Waals surface area contributed by atoms with Crippen LogP contribution >= 0.6 is 0 Å². The number of rotatable bonds is 10. The Morgan fingerprint density at radius 2 is 1.74 bits per heavy atom. The molecule has 3 rings (SSSR count). The van der Waals surface area contributed by atoms with E-state index in [1.165, 1.54) is 0 Å². The lowest BCUT2D eigenvalue weighted by Gasteiger charge is -2.32. The average Bonchev–Trinajstić information content (AvgIpc) is 3.32. The van der Waals surface area contributed by atoms with E-state index in [9.17, 15) is 9.59 Å². The Bertz CT molecular complexity index is 895. The molecule has 1 aromatic carbocycles.